The highest BCUT2D eigenvalue weighted by Gasteiger charge is 2.22. The number of nitrogens with one attached hydrogen (secondary N) is 1. The van der Waals surface area contributed by atoms with Gasteiger partial charge < -0.3 is 15.2 Å². The van der Waals surface area contributed by atoms with Gasteiger partial charge in [0.05, 0.1) is 5.56 Å². The lowest BCUT2D eigenvalue weighted by molar-refractivity contribution is -0.124. The number of carboxylic acids is 1. The van der Waals surface area contributed by atoms with Crippen LogP contribution in [0.2, 0.25) is 0 Å². The molecule has 0 bridgehead atoms. The average molecular weight is 291 g/mol. The van der Waals surface area contributed by atoms with E-state index in [0.29, 0.717) is 11.7 Å². The predicted octanol–water partition coefficient (Wildman–Crippen LogP) is 2.46. The van der Waals surface area contributed by atoms with Crippen LogP contribution in [0, 0.1) is 5.92 Å². The quantitative estimate of drug-likeness (QED) is 0.873. The Kier molecular flexibility index (Phi) is 5.20. The van der Waals surface area contributed by atoms with Crippen LogP contribution >= 0.6 is 0 Å². The van der Waals surface area contributed by atoms with Crippen molar-refractivity contribution in [2.75, 3.05) is 6.61 Å². The number of amides is 1. The van der Waals surface area contributed by atoms with Crippen LogP contribution in [0.1, 0.15) is 43.0 Å². The zero-order valence-corrected chi connectivity index (χ0v) is 12.2. The normalized spacial score (nSPS) is 21.6. The highest BCUT2D eigenvalue weighted by molar-refractivity contribution is 5.88. The second-order valence-electron chi connectivity index (χ2n) is 5.56. The van der Waals surface area contributed by atoms with Crippen molar-refractivity contribution >= 4 is 11.9 Å². The summed E-state index contributed by atoms with van der Waals surface area (Å²) in [6.07, 6.45) is 4.54. The topological polar surface area (TPSA) is 75.6 Å². The molecule has 0 heterocycles. The molecule has 5 nitrogen and oxygen atoms in total. The van der Waals surface area contributed by atoms with Crippen LogP contribution in [-0.2, 0) is 4.79 Å². The van der Waals surface area contributed by atoms with E-state index < -0.39 is 5.97 Å². The molecule has 0 aromatic heterocycles. The van der Waals surface area contributed by atoms with E-state index in [-0.39, 0.29) is 24.1 Å². The third kappa shape index (κ3) is 4.48. The first-order valence-corrected chi connectivity index (χ1v) is 7.32. The van der Waals surface area contributed by atoms with E-state index in [1.54, 1.807) is 12.1 Å². The summed E-state index contributed by atoms with van der Waals surface area (Å²) in [4.78, 5) is 22.8. The third-order valence-corrected chi connectivity index (χ3v) is 3.91. The van der Waals surface area contributed by atoms with E-state index in [2.05, 4.69) is 12.2 Å². The average Bonchev–Trinajstić information content (AvgIpc) is 2.48. The van der Waals surface area contributed by atoms with Gasteiger partial charge in [-0.2, -0.15) is 0 Å². The fourth-order valence-corrected chi connectivity index (χ4v) is 2.65. The Morgan fingerprint density at radius 3 is 2.81 bits per heavy atom. The summed E-state index contributed by atoms with van der Waals surface area (Å²) in [5.41, 5.74) is 0.147. The zero-order valence-electron chi connectivity index (χ0n) is 12.2. The number of benzene rings is 1. The van der Waals surface area contributed by atoms with Gasteiger partial charge >= 0.3 is 5.97 Å². The molecule has 1 aliphatic rings. The van der Waals surface area contributed by atoms with Crippen molar-refractivity contribution in [2.45, 2.75) is 38.6 Å². The minimum atomic E-state index is -1.01. The highest BCUT2D eigenvalue weighted by atomic mass is 16.5. The zero-order chi connectivity index (χ0) is 15.2. The molecule has 1 saturated carbocycles. The molecule has 2 atom stereocenters. The molecule has 21 heavy (non-hydrogen) atoms. The lowest BCUT2D eigenvalue weighted by Gasteiger charge is -2.29. The fraction of sp³-hybridized carbons (Fsp3) is 0.500. The minimum Gasteiger partial charge on any atom is -0.484 e. The molecule has 1 amide bonds. The SMILES string of the molecule is CC1CCCCC1NC(=O)COc1cccc(C(=O)O)c1. The molecule has 1 aromatic rings. The van der Waals surface area contributed by atoms with Gasteiger partial charge in [0.2, 0.25) is 0 Å². The van der Waals surface area contributed by atoms with Crippen LogP contribution in [0.3, 0.4) is 0 Å². The second kappa shape index (κ2) is 7.11. The highest BCUT2D eigenvalue weighted by Crippen LogP contribution is 2.23. The van der Waals surface area contributed by atoms with E-state index >= 15 is 0 Å². The maximum atomic E-state index is 11.9. The summed E-state index contributed by atoms with van der Waals surface area (Å²) < 4.78 is 5.36. The molecule has 0 spiro atoms. The minimum absolute atomic E-state index is 0.0910. The van der Waals surface area contributed by atoms with Gasteiger partial charge in [0.1, 0.15) is 5.75 Å². The van der Waals surface area contributed by atoms with Crippen LogP contribution in [0.5, 0.6) is 5.75 Å². The molecule has 0 saturated heterocycles. The van der Waals surface area contributed by atoms with Crippen molar-refractivity contribution in [1.29, 1.82) is 0 Å². The molecule has 114 valence electrons. The molecule has 1 aromatic carbocycles. The van der Waals surface area contributed by atoms with E-state index in [4.69, 9.17) is 9.84 Å². The Balaban J connectivity index is 1.83. The first-order valence-electron chi connectivity index (χ1n) is 7.32. The van der Waals surface area contributed by atoms with Gasteiger partial charge in [-0.25, -0.2) is 4.79 Å². The van der Waals surface area contributed by atoms with Crippen molar-refractivity contribution < 1.29 is 19.4 Å². The first kappa shape index (κ1) is 15.4. The number of rotatable bonds is 5. The van der Waals surface area contributed by atoms with E-state index in [1.165, 1.54) is 18.6 Å². The standard InChI is InChI=1S/C16H21NO4/c1-11-5-2-3-8-14(11)17-15(18)10-21-13-7-4-6-12(9-13)16(19)20/h4,6-7,9,11,14H,2-3,5,8,10H2,1H3,(H,17,18)(H,19,20). The van der Waals surface area contributed by atoms with Crippen LogP contribution in [0.15, 0.2) is 24.3 Å². The van der Waals surface area contributed by atoms with Crippen LogP contribution in [0.4, 0.5) is 0 Å². The Hall–Kier alpha value is -2.04. The summed E-state index contributed by atoms with van der Waals surface area (Å²) in [6.45, 7) is 2.06. The smallest absolute Gasteiger partial charge is 0.335 e. The summed E-state index contributed by atoms with van der Waals surface area (Å²) in [7, 11) is 0. The molecule has 2 unspecified atom stereocenters. The van der Waals surface area contributed by atoms with Crippen molar-refractivity contribution in [2.24, 2.45) is 5.92 Å². The van der Waals surface area contributed by atoms with E-state index in [1.807, 2.05) is 0 Å². The lowest BCUT2D eigenvalue weighted by atomic mass is 9.86. The van der Waals surface area contributed by atoms with E-state index in [0.717, 1.165) is 19.3 Å². The Bertz CT molecular complexity index is 515. The fourth-order valence-electron chi connectivity index (χ4n) is 2.65. The van der Waals surface area contributed by atoms with Gasteiger partial charge in [0, 0.05) is 6.04 Å². The summed E-state index contributed by atoms with van der Waals surface area (Å²) >= 11 is 0. The lowest BCUT2D eigenvalue weighted by Crippen LogP contribution is -2.43. The molecule has 0 aliphatic heterocycles. The van der Waals surface area contributed by atoms with Crippen LogP contribution < -0.4 is 10.1 Å². The molecular weight excluding hydrogens is 270 g/mol. The van der Waals surface area contributed by atoms with Crippen molar-refractivity contribution in [3.05, 3.63) is 29.8 Å². The van der Waals surface area contributed by atoms with Crippen molar-refractivity contribution in [1.82, 2.24) is 5.32 Å². The largest absolute Gasteiger partial charge is 0.484 e. The predicted molar refractivity (Wildman–Crippen MR) is 78.5 cm³/mol. The number of hydrogen-bond donors (Lipinski definition) is 2. The van der Waals surface area contributed by atoms with Crippen LogP contribution in [-0.4, -0.2) is 29.6 Å². The Morgan fingerprint density at radius 1 is 1.33 bits per heavy atom. The van der Waals surface area contributed by atoms with Gasteiger partial charge in [-0.1, -0.05) is 25.8 Å². The molecule has 0 radical (unpaired) electrons. The van der Waals surface area contributed by atoms with E-state index in [9.17, 15) is 9.59 Å². The Labute approximate surface area is 124 Å². The molecule has 1 aliphatic carbocycles. The Morgan fingerprint density at radius 2 is 2.10 bits per heavy atom. The van der Waals surface area contributed by atoms with Gasteiger partial charge in [0.15, 0.2) is 6.61 Å². The number of aromatic carboxylic acids is 1. The maximum absolute atomic E-state index is 11.9. The van der Waals surface area contributed by atoms with Gasteiger partial charge in [0.25, 0.3) is 5.91 Å². The molecule has 5 heteroatoms. The number of carbonyl (C=O) groups excluding carboxylic acids is 1. The number of ether oxygens (including phenoxy) is 1. The molecule has 2 N–H and O–H groups in total. The van der Waals surface area contributed by atoms with Gasteiger partial charge in [-0.15, -0.1) is 0 Å². The molecule has 2 rings (SSSR count). The monoisotopic (exact) mass is 291 g/mol. The van der Waals surface area contributed by atoms with Crippen molar-refractivity contribution in [3.63, 3.8) is 0 Å². The molecule has 1 fully saturated rings. The summed E-state index contributed by atoms with van der Waals surface area (Å²) in [5, 5.41) is 11.9. The maximum Gasteiger partial charge on any atom is 0.335 e. The summed E-state index contributed by atoms with van der Waals surface area (Å²) in [5.74, 6) is -0.282. The third-order valence-electron chi connectivity index (χ3n) is 3.91. The molecular formula is C16H21NO4. The number of carbonyl (C=O) groups is 2. The van der Waals surface area contributed by atoms with Crippen LogP contribution in [0.25, 0.3) is 0 Å². The van der Waals surface area contributed by atoms with Gasteiger partial charge in [-0.05, 0) is 37.0 Å². The second-order valence-corrected chi connectivity index (χ2v) is 5.56. The number of carboxylic acid groups (broad SMARTS) is 1. The first-order chi connectivity index (χ1) is 10.1. The number of hydrogen-bond acceptors (Lipinski definition) is 3. The van der Waals surface area contributed by atoms with Gasteiger partial charge in [-0.3, -0.25) is 4.79 Å². The van der Waals surface area contributed by atoms with Crippen molar-refractivity contribution in [3.8, 4) is 5.75 Å². The summed E-state index contributed by atoms with van der Waals surface area (Å²) in [6, 6.07) is 6.36.